The number of halogens is 2. The number of hydrogen-bond donors (Lipinski definition) is 1. The van der Waals surface area contributed by atoms with Crippen molar-refractivity contribution in [1.82, 2.24) is 15.0 Å². The van der Waals surface area contributed by atoms with E-state index in [0.717, 1.165) is 0 Å². The van der Waals surface area contributed by atoms with Crippen molar-refractivity contribution in [2.45, 2.75) is 19.4 Å². The highest BCUT2D eigenvalue weighted by atomic mass is 19.3. The lowest BCUT2D eigenvalue weighted by Crippen LogP contribution is -2.24. The standard InChI is InChI=1S/C11H12F2N4/c1-8(11(12)13)15-9-4-2-3-5-10(9)17-7-6-14-16-17/h2-8,11,15H,1H3. The Balaban J connectivity index is 2.29. The number of para-hydroxylation sites is 2. The van der Waals surface area contributed by atoms with Crippen LogP contribution in [0.15, 0.2) is 36.7 Å². The molecule has 0 amide bonds. The maximum absolute atomic E-state index is 12.5. The second-order valence-corrected chi connectivity index (χ2v) is 3.63. The molecule has 6 heteroatoms. The summed E-state index contributed by atoms with van der Waals surface area (Å²) >= 11 is 0. The third-order valence-electron chi connectivity index (χ3n) is 2.33. The van der Waals surface area contributed by atoms with E-state index in [9.17, 15) is 8.78 Å². The minimum atomic E-state index is -2.42. The number of nitrogens with zero attached hydrogens (tertiary/aromatic N) is 3. The lowest BCUT2D eigenvalue weighted by atomic mass is 10.2. The molecule has 0 aliphatic rings. The number of benzene rings is 1. The predicted molar refractivity (Wildman–Crippen MR) is 60.4 cm³/mol. The minimum Gasteiger partial charge on any atom is -0.375 e. The van der Waals surface area contributed by atoms with E-state index in [-0.39, 0.29) is 0 Å². The van der Waals surface area contributed by atoms with E-state index in [1.807, 2.05) is 6.07 Å². The largest absolute Gasteiger partial charge is 0.375 e. The van der Waals surface area contributed by atoms with Crippen molar-refractivity contribution in [3.8, 4) is 5.69 Å². The van der Waals surface area contributed by atoms with Gasteiger partial charge in [0.1, 0.15) is 0 Å². The molecule has 0 saturated carbocycles. The summed E-state index contributed by atoms with van der Waals surface area (Å²) in [5.41, 5.74) is 1.29. The van der Waals surface area contributed by atoms with Crippen LogP contribution in [0.25, 0.3) is 5.69 Å². The average molecular weight is 238 g/mol. The van der Waals surface area contributed by atoms with Gasteiger partial charge in [-0.05, 0) is 19.1 Å². The Morgan fingerprint density at radius 3 is 2.71 bits per heavy atom. The Bertz CT molecular complexity index is 470. The first-order valence-corrected chi connectivity index (χ1v) is 5.19. The fourth-order valence-electron chi connectivity index (χ4n) is 1.44. The van der Waals surface area contributed by atoms with Gasteiger partial charge in [-0.15, -0.1) is 5.10 Å². The summed E-state index contributed by atoms with van der Waals surface area (Å²) < 4.78 is 26.5. The van der Waals surface area contributed by atoms with Gasteiger partial charge in [-0.25, -0.2) is 13.5 Å². The molecule has 0 spiro atoms. The highest BCUT2D eigenvalue weighted by Gasteiger charge is 2.15. The maximum atomic E-state index is 12.5. The molecule has 0 aliphatic heterocycles. The quantitative estimate of drug-likeness (QED) is 0.889. The van der Waals surface area contributed by atoms with Gasteiger partial charge in [0.05, 0.1) is 29.8 Å². The van der Waals surface area contributed by atoms with Gasteiger partial charge in [-0.3, -0.25) is 0 Å². The van der Waals surface area contributed by atoms with Gasteiger partial charge in [-0.2, -0.15) is 0 Å². The Morgan fingerprint density at radius 1 is 1.29 bits per heavy atom. The molecule has 1 aromatic heterocycles. The summed E-state index contributed by atoms with van der Waals surface area (Å²) in [6.45, 7) is 1.43. The van der Waals surface area contributed by atoms with Crippen molar-refractivity contribution in [2.24, 2.45) is 0 Å². The molecule has 1 atom stereocenters. The zero-order chi connectivity index (χ0) is 12.3. The first-order valence-electron chi connectivity index (χ1n) is 5.19. The number of aromatic nitrogens is 3. The zero-order valence-electron chi connectivity index (χ0n) is 9.22. The van der Waals surface area contributed by atoms with Crippen LogP contribution in [0.2, 0.25) is 0 Å². The summed E-state index contributed by atoms with van der Waals surface area (Å²) in [7, 11) is 0. The summed E-state index contributed by atoms with van der Waals surface area (Å²) in [5, 5.41) is 10.3. The molecule has 0 bridgehead atoms. The van der Waals surface area contributed by atoms with Crippen molar-refractivity contribution < 1.29 is 8.78 Å². The summed E-state index contributed by atoms with van der Waals surface area (Å²) in [5.74, 6) is 0. The molecule has 0 saturated heterocycles. The molecule has 1 heterocycles. The highest BCUT2D eigenvalue weighted by Crippen LogP contribution is 2.20. The Labute approximate surface area is 97.3 Å². The van der Waals surface area contributed by atoms with Gasteiger partial charge < -0.3 is 5.32 Å². The second-order valence-electron chi connectivity index (χ2n) is 3.63. The van der Waals surface area contributed by atoms with Gasteiger partial charge in [0.25, 0.3) is 6.43 Å². The Morgan fingerprint density at radius 2 is 2.06 bits per heavy atom. The first kappa shape index (κ1) is 11.5. The molecule has 2 rings (SSSR count). The van der Waals surface area contributed by atoms with Crippen LogP contribution in [0.3, 0.4) is 0 Å². The number of hydrogen-bond acceptors (Lipinski definition) is 3. The number of nitrogens with one attached hydrogen (secondary N) is 1. The number of alkyl halides is 2. The summed E-state index contributed by atoms with van der Waals surface area (Å²) in [6, 6.07) is 6.20. The van der Waals surface area contributed by atoms with Crippen molar-refractivity contribution >= 4 is 5.69 Å². The normalized spacial score (nSPS) is 12.7. The van der Waals surface area contributed by atoms with E-state index in [0.29, 0.717) is 11.4 Å². The van der Waals surface area contributed by atoms with Crippen LogP contribution in [0.5, 0.6) is 0 Å². The van der Waals surface area contributed by atoms with Crippen LogP contribution in [0, 0.1) is 0 Å². The van der Waals surface area contributed by atoms with Crippen molar-refractivity contribution in [3.05, 3.63) is 36.7 Å². The van der Waals surface area contributed by atoms with E-state index < -0.39 is 12.5 Å². The molecule has 0 fully saturated rings. The van der Waals surface area contributed by atoms with E-state index >= 15 is 0 Å². The van der Waals surface area contributed by atoms with Gasteiger partial charge in [0, 0.05) is 0 Å². The van der Waals surface area contributed by atoms with Gasteiger partial charge in [-0.1, -0.05) is 17.3 Å². The SMILES string of the molecule is CC(Nc1ccccc1-n1ccnn1)C(F)F. The highest BCUT2D eigenvalue weighted by molar-refractivity contribution is 5.60. The van der Waals surface area contributed by atoms with Crippen molar-refractivity contribution in [3.63, 3.8) is 0 Å². The van der Waals surface area contributed by atoms with Gasteiger partial charge in [0.2, 0.25) is 0 Å². The second kappa shape index (κ2) is 4.90. The van der Waals surface area contributed by atoms with E-state index in [4.69, 9.17) is 0 Å². The van der Waals surface area contributed by atoms with Crippen molar-refractivity contribution in [1.29, 1.82) is 0 Å². The van der Waals surface area contributed by atoms with Gasteiger partial charge in [0.15, 0.2) is 0 Å². The third kappa shape index (κ3) is 2.58. The van der Waals surface area contributed by atoms with E-state index in [1.165, 1.54) is 17.8 Å². The van der Waals surface area contributed by atoms with Crippen LogP contribution in [0.1, 0.15) is 6.92 Å². The fraction of sp³-hybridized carbons (Fsp3) is 0.273. The fourth-order valence-corrected chi connectivity index (χ4v) is 1.44. The molecule has 17 heavy (non-hydrogen) atoms. The van der Waals surface area contributed by atoms with Crippen LogP contribution in [-0.4, -0.2) is 27.5 Å². The molecule has 1 unspecified atom stereocenters. The Kier molecular flexibility index (Phi) is 3.32. The molecule has 1 aromatic carbocycles. The van der Waals surface area contributed by atoms with Crippen LogP contribution in [-0.2, 0) is 0 Å². The molecule has 0 aliphatic carbocycles. The third-order valence-corrected chi connectivity index (χ3v) is 2.33. The summed E-state index contributed by atoms with van der Waals surface area (Å²) in [4.78, 5) is 0. The molecular weight excluding hydrogens is 226 g/mol. The van der Waals surface area contributed by atoms with Crippen LogP contribution in [0.4, 0.5) is 14.5 Å². The molecular formula is C11H12F2N4. The monoisotopic (exact) mass is 238 g/mol. The maximum Gasteiger partial charge on any atom is 0.258 e. The van der Waals surface area contributed by atoms with Crippen LogP contribution < -0.4 is 5.32 Å². The molecule has 4 nitrogen and oxygen atoms in total. The van der Waals surface area contributed by atoms with E-state index in [1.54, 1.807) is 24.4 Å². The minimum absolute atomic E-state index is 0.603. The lowest BCUT2D eigenvalue weighted by molar-refractivity contribution is 0.130. The zero-order valence-corrected chi connectivity index (χ0v) is 9.22. The first-order chi connectivity index (χ1) is 8.18. The molecule has 1 N–H and O–H groups in total. The molecule has 0 radical (unpaired) electrons. The summed E-state index contributed by atoms with van der Waals surface area (Å²) in [6.07, 6.45) is 0.778. The smallest absolute Gasteiger partial charge is 0.258 e. The molecule has 90 valence electrons. The number of anilines is 1. The average Bonchev–Trinajstić information content (AvgIpc) is 2.83. The van der Waals surface area contributed by atoms with Crippen molar-refractivity contribution in [2.75, 3.05) is 5.32 Å². The van der Waals surface area contributed by atoms with E-state index in [2.05, 4.69) is 15.6 Å². The lowest BCUT2D eigenvalue weighted by Gasteiger charge is -2.16. The molecule has 2 aromatic rings. The Hall–Kier alpha value is -1.98. The van der Waals surface area contributed by atoms with Crippen LogP contribution >= 0.6 is 0 Å². The topological polar surface area (TPSA) is 42.7 Å². The predicted octanol–water partition coefficient (Wildman–Crippen LogP) is 2.33. The van der Waals surface area contributed by atoms with Gasteiger partial charge >= 0.3 is 0 Å². The number of rotatable bonds is 4.